The minimum atomic E-state index is -3.29. The van der Waals surface area contributed by atoms with Crippen LogP contribution < -0.4 is 10.5 Å². The van der Waals surface area contributed by atoms with Gasteiger partial charge in [0.1, 0.15) is 0 Å². The molecule has 0 aromatic heterocycles. The summed E-state index contributed by atoms with van der Waals surface area (Å²) in [4.78, 5) is 0. The Hall–Kier alpha value is -0.170. The lowest BCUT2D eigenvalue weighted by Gasteiger charge is -2.30. The quantitative estimate of drug-likeness (QED) is 0.727. The maximum Gasteiger partial charge on any atom is 0.279 e. The van der Waals surface area contributed by atoms with E-state index in [0.29, 0.717) is 38.0 Å². The standard InChI is InChI=1S/C12H27N3O2S/c1-3-12(4-7-13)10-14-18(16,17)15-8-5-11(2)6-9-15/h11-12,14H,3-10,13H2,1-2H3. The number of hydrogen-bond acceptors (Lipinski definition) is 3. The molecule has 0 bridgehead atoms. The molecule has 1 rings (SSSR count). The SMILES string of the molecule is CCC(CCN)CNS(=O)(=O)N1CCC(C)CC1. The zero-order valence-corrected chi connectivity index (χ0v) is 12.4. The summed E-state index contributed by atoms with van der Waals surface area (Å²) in [5.41, 5.74) is 5.51. The smallest absolute Gasteiger partial charge is 0.279 e. The van der Waals surface area contributed by atoms with E-state index in [1.165, 1.54) is 0 Å². The molecule has 0 saturated carbocycles. The van der Waals surface area contributed by atoms with Crippen LogP contribution in [0.1, 0.15) is 39.5 Å². The molecule has 1 fully saturated rings. The average molecular weight is 277 g/mol. The van der Waals surface area contributed by atoms with E-state index in [9.17, 15) is 8.42 Å². The van der Waals surface area contributed by atoms with Crippen LogP contribution in [0.15, 0.2) is 0 Å². The Bertz CT molecular complexity index is 324. The molecular weight excluding hydrogens is 250 g/mol. The molecule has 5 nitrogen and oxygen atoms in total. The summed E-state index contributed by atoms with van der Waals surface area (Å²) >= 11 is 0. The van der Waals surface area contributed by atoms with Gasteiger partial charge in [-0.05, 0) is 37.6 Å². The molecule has 0 radical (unpaired) electrons. The second kappa shape index (κ2) is 7.43. The molecule has 1 aliphatic rings. The van der Waals surface area contributed by atoms with Gasteiger partial charge in [0, 0.05) is 19.6 Å². The Morgan fingerprint density at radius 1 is 1.39 bits per heavy atom. The first-order valence-electron chi connectivity index (χ1n) is 6.94. The van der Waals surface area contributed by atoms with E-state index in [2.05, 4.69) is 18.6 Å². The monoisotopic (exact) mass is 277 g/mol. The summed E-state index contributed by atoms with van der Waals surface area (Å²) in [7, 11) is -3.29. The third kappa shape index (κ3) is 4.84. The van der Waals surface area contributed by atoms with Gasteiger partial charge in [0.25, 0.3) is 10.2 Å². The molecule has 0 aliphatic carbocycles. The van der Waals surface area contributed by atoms with Gasteiger partial charge in [0.2, 0.25) is 0 Å². The van der Waals surface area contributed by atoms with E-state index in [1.54, 1.807) is 4.31 Å². The third-order valence-corrected chi connectivity index (χ3v) is 5.37. The van der Waals surface area contributed by atoms with E-state index in [-0.39, 0.29) is 0 Å². The van der Waals surface area contributed by atoms with Crippen LogP contribution in [0.4, 0.5) is 0 Å². The Kier molecular flexibility index (Phi) is 6.55. The summed E-state index contributed by atoms with van der Waals surface area (Å²) in [6, 6.07) is 0. The lowest BCUT2D eigenvalue weighted by molar-refractivity contribution is 0.283. The zero-order chi connectivity index (χ0) is 13.6. The lowest BCUT2D eigenvalue weighted by Crippen LogP contribution is -2.46. The number of nitrogens with one attached hydrogen (secondary N) is 1. The van der Waals surface area contributed by atoms with Crippen LogP contribution >= 0.6 is 0 Å². The molecule has 1 atom stereocenters. The van der Waals surface area contributed by atoms with Crippen molar-refractivity contribution >= 4 is 10.2 Å². The van der Waals surface area contributed by atoms with Crippen molar-refractivity contribution in [2.24, 2.45) is 17.6 Å². The van der Waals surface area contributed by atoms with Gasteiger partial charge in [0.05, 0.1) is 0 Å². The Balaban J connectivity index is 2.44. The van der Waals surface area contributed by atoms with Crippen molar-refractivity contribution in [2.75, 3.05) is 26.2 Å². The van der Waals surface area contributed by atoms with Gasteiger partial charge in [-0.2, -0.15) is 12.7 Å². The average Bonchev–Trinajstić information content (AvgIpc) is 2.35. The minimum absolute atomic E-state index is 0.341. The Labute approximate surface area is 111 Å². The first kappa shape index (κ1) is 15.9. The molecule has 6 heteroatoms. The second-order valence-corrected chi connectivity index (χ2v) is 7.04. The largest absolute Gasteiger partial charge is 0.330 e. The van der Waals surface area contributed by atoms with Crippen molar-refractivity contribution in [1.82, 2.24) is 9.03 Å². The van der Waals surface area contributed by atoms with E-state index in [1.807, 2.05) is 0 Å². The first-order chi connectivity index (χ1) is 8.49. The summed E-state index contributed by atoms with van der Waals surface area (Å²) in [6.45, 7) is 6.64. The highest BCUT2D eigenvalue weighted by Crippen LogP contribution is 2.18. The van der Waals surface area contributed by atoms with Gasteiger partial charge < -0.3 is 5.73 Å². The Morgan fingerprint density at radius 2 is 2.00 bits per heavy atom. The number of hydrogen-bond donors (Lipinski definition) is 2. The molecule has 0 amide bonds. The third-order valence-electron chi connectivity index (χ3n) is 3.79. The minimum Gasteiger partial charge on any atom is -0.330 e. The van der Waals surface area contributed by atoms with Crippen LogP contribution in [0.2, 0.25) is 0 Å². The number of nitrogens with two attached hydrogens (primary N) is 1. The summed E-state index contributed by atoms with van der Waals surface area (Å²) in [5.74, 6) is 0.977. The molecular formula is C12H27N3O2S. The predicted octanol–water partition coefficient (Wildman–Crippen LogP) is 0.928. The fourth-order valence-corrected chi connectivity index (χ4v) is 3.55. The fraction of sp³-hybridized carbons (Fsp3) is 1.00. The molecule has 3 N–H and O–H groups in total. The fourth-order valence-electron chi connectivity index (χ4n) is 2.23. The highest BCUT2D eigenvalue weighted by molar-refractivity contribution is 7.87. The van der Waals surface area contributed by atoms with Crippen LogP contribution in [0.5, 0.6) is 0 Å². The van der Waals surface area contributed by atoms with Crippen molar-refractivity contribution in [1.29, 1.82) is 0 Å². The van der Waals surface area contributed by atoms with Crippen molar-refractivity contribution in [2.45, 2.75) is 39.5 Å². The van der Waals surface area contributed by atoms with Gasteiger partial charge in [-0.1, -0.05) is 20.3 Å². The van der Waals surface area contributed by atoms with Gasteiger partial charge in [-0.25, -0.2) is 4.72 Å². The molecule has 1 unspecified atom stereocenters. The highest BCUT2D eigenvalue weighted by Gasteiger charge is 2.26. The van der Waals surface area contributed by atoms with Crippen LogP contribution in [0.25, 0.3) is 0 Å². The summed E-state index contributed by atoms with van der Waals surface area (Å²) < 4.78 is 28.5. The van der Waals surface area contributed by atoms with Crippen molar-refractivity contribution in [3.05, 3.63) is 0 Å². The predicted molar refractivity (Wildman–Crippen MR) is 74.3 cm³/mol. The molecule has 1 saturated heterocycles. The van der Waals surface area contributed by atoms with Gasteiger partial charge in [-0.15, -0.1) is 0 Å². The van der Waals surface area contributed by atoms with Crippen LogP contribution in [0, 0.1) is 11.8 Å². The molecule has 0 spiro atoms. The van der Waals surface area contributed by atoms with Crippen molar-refractivity contribution in [3.8, 4) is 0 Å². The summed E-state index contributed by atoms with van der Waals surface area (Å²) in [6.07, 6.45) is 3.74. The van der Waals surface area contributed by atoms with E-state index in [4.69, 9.17) is 5.73 Å². The highest BCUT2D eigenvalue weighted by atomic mass is 32.2. The molecule has 1 aliphatic heterocycles. The lowest BCUT2D eigenvalue weighted by atomic mass is 10.0. The topological polar surface area (TPSA) is 75.4 Å². The zero-order valence-electron chi connectivity index (χ0n) is 11.6. The number of nitrogens with zero attached hydrogens (tertiary/aromatic N) is 1. The van der Waals surface area contributed by atoms with Crippen molar-refractivity contribution < 1.29 is 8.42 Å². The molecule has 0 aromatic carbocycles. The van der Waals surface area contributed by atoms with E-state index < -0.39 is 10.2 Å². The van der Waals surface area contributed by atoms with Gasteiger partial charge in [-0.3, -0.25) is 0 Å². The molecule has 108 valence electrons. The van der Waals surface area contributed by atoms with Gasteiger partial charge in [0.15, 0.2) is 0 Å². The molecule has 0 aromatic rings. The van der Waals surface area contributed by atoms with E-state index in [0.717, 1.165) is 25.7 Å². The van der Waals surface area contributed by atoms with Gasteiger partial charge >= 0.3 is 0 Å². The summed E-state index contributed by atoms with van der Waals surface area (Å²) in [5, 5.41) is 0. The van der Waals surface area contributed by atoms with Crippen LogP contribution in [-0.2, 0) is 10.2 Å². The Morgan fingerprint density at radius 3 is 2.50 bits per heavy atom. The number of rotatable bonds is 7. The van der Waals surface area contributed by atoms with Crippen LogP contribution in [0.3, 0.4) is 0 Å². The van der Waals surface area contributed by atoms with Crippen molar-refractivity contribution in [3.63, 3.8) is 0 Å². The molecule has 1 heterocycles. The van der Waals surface area contributed by atoms with E-state index >= 15 is 0 Å². The maximum absolute atomic E-state index is 12.1. The molecule has 18 heavy (non-hydrogen) atoms. The van der Waals surface area contributed by atoms with Crippen LogP contribution in [-0.4, -0.2) is 38.9 Å². The normalized spacial score (nSPS) is 21.1. The number of piperidine rings is 1. The second-order valence-electron chi connectivity index (χ2n) is 5.29. The maximum atomic E-state index is 12.1. The first-order valence-corrected chi connectivity index (χ1v) is 8.38.